The molecule has 0 N–H and O–H groups in total. The summed E-state index contributed by atoms with van der Waals surface area (Å²) in [6.45, 7) is 21.0. The van der Waals surface area contributed by atoms with Crippen LogP contribution in [0.2, 0.25) is 0 Å². The number of aryl methyl sites for hydroxylation is 1. The molecule has 0 saturated heterocycles. The van der Waals surface area contributed by atoms with E-state index in [1.165, 1.54) is 38.5 Å². The maximum absolute atomic E-state index is 4.16. The highest BCUT2D eigenvalue weighted by Gasteiger charge is 2.18. The van der Waals surface area contributed by atoms with E-state index < -0.39 is 0 Å². The van der Waals surface area contributed by atoms with Gasteiger partial charge in [0.2, 0.25) is 0 Å². The molecule has 0 saturated carbocycles. The molecular weight excluding hydrogens is 304 g/mol. The van der Waals surface area contributed by atoms with E-state index in [0.717, 1.165) is 24.2 Å². The first-order chi connectivity index (χ1) is 11.9. The molecule has 0 unspecified atom stereocenters. The molecule has 0 aliphatic rings. The van der Waals surface area contributed by atoms with Gasteiger partial charge in [0, 0.05) is 23.9 Å². The first kappa shape index (κ1) is 17.3. The lowest BCUT2D eigenvalue weighted by Gasteiger charge is -2.25. The van der Waals surface area contributed by atoms with Crippen LogP contribution in [0.15, 0.2) is 43.5 Å². The van der Waals surface area contributed by atoms with Crippen molar-refractivity contribution in [1.82, 2.24) is 4.68 Å². The molecule has 0 fully saturated rings. The van der Waals surface area contributed by atoms with E-state index in [-0.39, 0.29) is 0 Å². The maximum atomic E-state index is 4.16. The molecule has 0 aliphatic heterocycles. The van der Waals surface area contributed by atoms with Gasteiger partial charge in [-0.1, -0.05) is 36.4 Å². The van der Waals surface area contributed by atoms with Crippen LogP contribution in [-0.2, 0) is 0 Å². The van der Waals surface area contributed by atoms with Crippen molar-refractivity contribution in [1.29, 1.82) is 0 Å². The summed E-state index contributed by atoms with van der Waals surface area (Å²) in [6.07, 6.45) is 0. The summed E-state index contributed by atoms with van der Waals surface area (Å²) in [7, 11) is 0. The van der Waals surface area contributed by atoms with Crippen LogP contribution in [0, 0.1) is 6.92 Å². The van der Waals surface area contributed by atoms with Crippen molar-refractivity contribution in [3.8, 4) is 0 Å². The van der Waals surface area contributed by atoms with Crippen LogP contribution >= 0.6 is 0 Å². The number of nitrogens with zero attached hydrogens (tertiary/aromatic N) is 2. The van der Waals surface area contributed by atoms with Crippen LogP contribution in [0.3, 0.4) is 0 Å². The Bertz CT molecular complexity index is 984. The third kappa shape index (κ3) is 2.66. The average molecular weight is 332 g/mol. The Labute approximate surface area is 151 Å². The fourth-order valence-corrected chi connectivity index (χ4v) is 3.80. The van der Waals surface area contributed by atoms with Crippen molar-refractivity contribution in [2.45, 2.75) is 34.6 Å². The minimum atomic E-state index is 0.971. The van der Waals surface area contributed by atoms with E-state index in [1.54, 1.807) is 0 Å². The normalized spacial score (nSPS) is 11.2. The smallest absolute Gasteiger partial charge is 0.0711 e. The number of hydrogen-bond donors (Lipinski definition) is 0. The van der Waals surface area contributed by atoms with Gasteiger partial charge in [-0.2, -0.15) is 0 Å². The van der Waals surface area contributed by atoms with Crippen LogP contribution in [0.1, 0.15) is 44.4 Å². The number of aromatic nitrogens is 1. The fraction of sp³-hybridized carbons (Fsp3) is 0.304. The molecule has 0 aliphatic carbocycles. The second-order valence-corrected chi connectivity index (χ2v) is 6.88. The highest BCUT2D eigenvalue weighted by atomic mass is 15.5. The predicted octanol–water partition coefficient (Wildman–Crippen LogP) is 6.15. The number of rotatable bonds is 5. The standard InChI is InChI=1S/C23H28N2/c1-8-24(9-2)25-21-12-10-18(15(3)4)14-20(21)23-17(7)19(16(5)6)11-13-22(23)25/h10-14H,3,5,8-9H2,1-2,4,6-7H3. The van der Waals surface area contributed by atoms with Crippen LogP contribution in [0.4, 0.5) is 0 Å². The molecular formula is C23H28N2. The van der Waals surface area contributed by atoms with Gasteiger partial charge in [0.1, 0.15) is 0 Å². The highest BCUT2D eigenvalue weighted by Crippen LogP contribution is 2.36. The summed E-state index contributed by atoms with van der Waals surface area (Å²) >= 11 is 0. The molecule has 2 aromatic carbocycles. The minimum absolute atomic E-state index is 0.971. The molecule has 3 aromatic rings. The summed E-state index contributed by atoms with van der Waals surface area (Å²) in [4.78, 5) is 0. The van der Waals surface area contributed by atoms with Crippen molar-refractivity contribution in [2.24, 2.45) is 0 Å². The molecule has 2 heteroatoms. The van der Waals surface area contributed by atoms with Crippen LogP contribution in [0.5, 0.6) is 0 Å². The van der Waals surface area contributed by atoms with Gasteiger partial charge in [0.15, 0.2) is 0 Å². The Balaban J connectivity index is 2.51. The Morgan fingerprint density at radius 2 is 1.60 bits per heavy atom. The summed E-state index contributed by atoms with van der Waals surface area (Å²) in [5.41, 5.74) is 8.47. The van der Waals surface area contributed by atoms with E-state index >= 15 is 0 Å². The number of benzene rings is 2. The van der Waals surface area contributed by atoms with Gasteiger partial charge in [0.05, 0.1) is 11.0 Å². The molecule has 0 bridgehead atoms. The van der Waals surface area contributed by atoms with E-state index in [2.05, 4.69) is 87.8 Å². The van der Waals surface area contributed by atoms with Gasteiger partial charge in [-0.15, -0.1) is 0 Å². The summed E-state index contributed by atoms with van der Waals surface area (Å²) in [5.74, 6) is 0. The van der Waals surface area contributed by atoms with Gasteiger partial charge in [0.25, 0.3) is 0 Å². The molecule has 0 atom stereocenters. The molecule has 3 rings (SSSR count). The second kappa shape index (κ2) is 6.44. The lowest BCUT2D eigenvalue weighted by Crippen LogP contribution is -2.33. The third-order valence-electron chi connectivity index (χ3n) is 5.13. The first-order valence-corrected chi connectivity index (χ1v) is 9.05. The van der Waals surface area contributed by atoms with Crippen molar-refractivity contribution < 1.29 is 0 Å². The number of fused-ring (bicyclic) bond motifs is 3. The first-order valence-electron chi connectivity index (χ1n) is 9.05. The Hall–Kier alpha value is -2.48. The Morgan fingerprint density at radius 3 is 2.16 bits per heavy atom. The van der Waals surface area contributed by atoms with Gasteiger partial charge in [-0.05, 0) is 69.5 Å². The quantitative estimate of drug-likeness (QED) is 0.544. The van der Waals surface area contributed by atoms with E-state index in [9.17, 15) is 0 Å². The van der Waals surface area contributed by atoms with E-state index in [4.69, 9.17) is 0 Å². The predicted molar refractivity (Wildman–Crippen MR) is 113 cm³/mol. The zero-order valence-corrected chi connectivity index (χ0v) is 16.1. The zero-order chi connectivity index (χ0) is 18.3. The molecule has 25 heavy (non-hydrogen) atoms. The Morgan fingerprint density at radius 1 is 0.960 bits per heavy atom. The minimum Gasteiger partial charge on any atom is -0.313 e. The van der Waals surface area contributed by atoms with Crippen molar-refractivity contribution >= 4 is 33.0 Å². The van der Waals surface area contributed by atoms with E-state index in [0.29, 0.717) is 0 Å². The second-order valence-electron chi connectivity index (χ2n) is 6.88. The largest absolute Gasteiger partial charge is 0.313 e. The SMILES string of the molecule is C=C(C)c1ccc2c(c1)c1c(C)c(C(=C)C)ccc1n2N(CC)CC. The summed E-state index contributed by atoms with van der Waals surface area (Å²) < 4.78 is 2.38. The topological polar surface area (TPSA) is 8.17 Å². The third-order valence-corrected chi connectivity index (χ3v) is 5.13. The average Bonchev–Trinajstić information content (AvgIpc) is 2.91. The maximum Gasteiger partial charge on any atom is 0.0711 e. The molecule has 0 spiro atoms. The van der Waals surface area contributed by atoms with Crippen LogP contribution < -0.4 is 5.01 Å². The number of hydrogen-bond acceptors (Lipinski definition) is 1. The molecule has 0 radical (unpaired) electrons. The van der Waals surface area contributed by atoms with Crippen molar-refractivity contribution in [2.75, 3.05) is 18.1 Å². The molecule has 1 heterocycles. The summed E-state index contributed by atoms with van der Waals surface area (Å²) in [6, 6.07) is 11.1. The van der Waals surface area contributed by atoms with Crippen LogP contribution in [0.25, 0.3) is 33.0 Å². The number of allylic oxidation sites excluding steroid dienone is 2. The monoisotopic (exact) mass is 332 g/mol. The summed E-state index contributed by atoms with van der Waals surface area (Å²) in [5, 5.41) is 5.00. The molecule has 0 amide bonds. The van der Waals surface area contributed by atoms with Gasteiger partial charge in [-0.3, -0.25) is 4.68 Å². The zero-order valence-electron chi connectivity index (χ0n) is 16.1. The van der Waals surface area contributed by atoms with Gasteiger partial charge in [-0.25, -0.2) is 0 Å². The fourth-order valence-electron chi connectivity index (χ4n) is 3.80. The van der Waals surface area contributed by atoms with E-state index in [1.807, 2.05) is 0 Å². The lowest BCUT2D eigenvalue weighted by atomic mass is 9.97. The molecule has 130 valence electrons. The van der Waals surface area contributed by atoms with Crippen LogP contribution in [-0.4, -0.2) is 17.8 Å². The van der Waals surface area contributed by atoms with Gasteiger partial charge < -0.3 is 5.01 Å². The van der Waals surface area contributed by atoms with Crippen molar-refractivity contribution in [3.05, 3.63) is 60.2 Å². The molecule has 2 nitrogen and oxygen atoms in total. The van der Waals surface area contributed by atoms with Gasteiger partial charge >= 0.3 is 0 Å². The highest BCUT2D eigenvalue weighted by molar-refractivity contribution is 6.11. The molecule has 1 aromatic heterocycles. The van der Waals surface area contributed by atoms with Crippen molar-refractivity contribution in [3.63, 3.8) is 0 Å². The Kier molecular flexibility index (Phi) is 4.47. The lowest BCUT2D eigenvalue weighted by molar-refractivity contribution is 0.656.